The number of carbonyl (C=O) groups excluding carboxylic acids is 1. The number of halogens is 3. The zero-order chi connectivity index (χ0) is 8.91. The summed E-state index contributed by atoms with van der Waals surface area (Å²) < 4.78 is 37.8. The highest BCUT2D eigenvalue weighted by atomic mass is 19.4. The summed E-state index contributed by atoms with van der Waals surface area (Å²) in [5.74, 6) is 0. The quantitative estimate of drug-likeness (QED) is 0.629. The number of amides is 1. The van der Waals surface area contributed by atoms with Gasteiger partial charge >= 0.3 is 12.3 Å². The van der Waals surface area contributed by atoms with Crippen molar-refractivity contribution in [3.05, 3.63) is 0 Å². The average Bonchev–Trinajstić information content (AvgIpc) is 1.85. The zero-order valence-electron chi connectivity index (χ0n) is 5.57. The summed E-state index contributed by atoms with van der Waals surface area (Å²) in [6.45, 7) is -1.54. The fraction of sp³-hybridized carbons (Fsp3) is 0.750. The Balaban J connectivity index is 3.35. The van der Waals surface area contributed by atoms with Crippen LogP contribution in [0.2, 0.25) is 0 Å². The predicted molar refractivity (Wildman–Crippen MR) is 27.5 cm³/mol. The molecule has 0 spiro atoms. The molecule has 7 heteroatoms. The Hall–Kier alpha value is -0.980. The second-order valence-electron chi connectivity index (χ2n) is 1.50. The maximum absolute atomic E-state index is 11.3. The number of hydrogen-bond donors (Lipinski definition) is 1. The number of alkyl halides is 3. The van der Waals surface area contributed by atoms with E-state index < -0.39 is 18.9 Å². The zero-order valence-corrected chi connectivity index (χ0v) is 5.57. The molecule has 0 saturated heterocycles. The lowest BCUT2D eigenvalue weighted by molar-refractivity contribution is -0.185. The third-order valence-electron chi connectivity index (χ3n) is 0.577. The first-order valence-corrected chi connectivity index (χ1v) is 2.48. The maximum Gasteiger partial charge on any atom is 0.431 e. The molecule has 0 radical (unpaired) electrons. The second-order valence-corrected chi connectivity index (χ2v) is 1.50. The van der Waals surface area contributed by atoms with E-state index in [0.29, 0.717) is 0 Å². The topological polar surface area (TPSA) is 47.6 Å². The summed E-state index contributed by atoms with van der Waals surface area (Å²) in [5, 5.41) is 0. The molecule has 0 heterocycles. The van der Waals surface area contributed by atoms with Crippen molar-refractivity contribution >= 4 is 6.09 Å². The van der Waals surface area contributed by atoms with E-state index in [1.54, 1.807) is 0 Å². The van der Waals surface area contributed by atoms with Gasteiger partial charge in [0, 0.05) is 0 Å². The first-order chi connectivity index (χ1) is 4.95. The molecule has 1 N–H and O–H groups in total. The number of hydrogen-bond acceptors (Lipinski definition) is 3. The molecule has 0 bridgehead atoms. The van der Waals surface area contributed by atoms with Gasteiger partial charge in [0.05, 0.1) is 7.11 Å². The Labute approximate surface area is 60.2 Å². The van der Waals surface area contributed by atoms with Crippen LogP contribution in [0.4, 0.5) is 18.0 Å². The lowest BCUT2D eigenvalue weighted by Gasteiger charge is -2.06. The summed E-state index contributed by atoms with van der Waals surface area (Å²) in [6.07, 6.45) is -5.53. The molecule has 0 rings (SSSR count). The molecule has 0 aliphatic rings. The first-order valence-electron chi connectivity index (χ1n) is 2.48. The monoisotopic (exact) mass is 173 g/mol. The Morgan fingerprint density at radius 3 is 2.45 bits per heavy atom. The van der Waals surface area contributed by atoms with Crippen LogP contribution in [0.1, 0.15) is 0 Å². The van der Waals surface area contributed by atoms with Crippen molar-refractivity contribution in [3.63, 3.8) is 0 Å². The molecule has 11 heavy (non-hydrogen) atoms. The third kappa shape index (κ3) is 6.91. The van der Waals surface area contributed by atoms with Gasteiger partial charge in [-0.1, -0.05) is 0 Å². The molecule has 0 fully saturated rings. The summed E-state index contributed by atoms with van der Waals surface area (Å²) in [6, 6.07) is 0. The van der Waals surface area contributed by atoms with Gasteiger partial charge in [-0.2, -0.15) is 18.7 Å². The summed E-state index contributed by atoms with van der Waals surface area (Å²) in [7, 11) is 1.01. The summed E-state index contributed by atoms with van der Waals surface area (Å²) in [4.78, 5) is 13.8. The molecule has 66 valence electrons. The van der Waals surface area contributed by atoms with Gasteiger partial charge in [0.1, 0.15) is 0 Å². The van der Waals surface area contributed by atoms with Crippen LogP contribution in [0.15, 0.2) is 0 Å². The Kier molecular flexibility index (Phi) is 3.66. The van der Waals surface area contributed by atoms with Crippen molar-refractivity contribution < 1.29 is 27.5 Å². The highest BCUT2D eigenvalue weighted by Crippen LogP contribution is 2.13. The van der Waals surface area contributed by atoms with Gasteiger partial charge in [0.25, 0.3) is 0 Å². The van der Waals surface area contributed by atoms with Gasteiger partial charge in [-0.25, -0.2) is 4.79 Å². The molecule has 1 amide bonds. The van der Waals surface area contributed by atoms with E-state index in [-0.39, 0.29) is 0 Å². The minimum Gasteiger partial charge on any atom is -0.451 e. The van der Waals surface area contributed by atoms with Crippen LogP contribution < -0.4 is 5.48 Å². The molecular weight excluding hydrogens is 167 g/mol. The van der Waals surface area contributed by atoms with E-state index in [4.69, 9.17) is 0 Å². The SMILES string of the molecule is COC(=O)NOCC(F)(F)F. The highest BCUT2D eigenvalue weighted by molar-refractivity contribution is 5.65. The van der Waals surface area contributed by atoms with E-state index in [9.17, 15) is 18.0 Å². The van der Waals surface area contributed by atoms with E-state index in [0.717, 1.165) is 7.11 Å². The van der Waals surface area contributed by atoms with Gasteiger partial charge < -0.3 is 4.74 Å². The van der Waals surface area contributed by atoms with Crippen molar-refractivity contribution in [2.75, 3.05) is 13.7 Å². The normalized spacial score (nSPS) is 10.9. The van der Waals surface area contributed by atoms with Crippen molar-refractivity contribution in [2.24, 2.45) is 0 Å². The van der Waals surface area contributed by atoms with E-state index >= 15 is 0 Å². The summed E-state index contributed by atoms with van der Waals surface area (Å²) in [5.41, 5.74) is 1.41. The number of methoxy groups -OCH3 is 1. The van der Waals surface area contributed by atoms with Crippen LogP contribution in [0.3, 0.4) is 0 Å². The molecule has 0 atom stereocenters. The van der Waals surface area contributed by atoms with Crippen LogP contribution in [-0.4, -0.2) is 26.0 Å². The number of hydroxylamine groups is 1. The van der Waals surface area contributed by atoms with Gasteiger partial charge in [0.2, 0.25) is 0 Å². The first kappa shape index (κ1) is 10.0. The molecule has 0 aliphatic heterocycles. The van der Waals surface area contributed by atoms with Crippen molar-refractivity contribution in [1.82, 2.24) is 5.48 Å². The van der Waals surface area contributed by atoms with Gasteiger partial charge in [-0.15, -0.1) is 0 Å². The lowest BCUT2D eigenvalue weighted by Crippen LogP contribution is -2.29. The number of ether oxygens (including phenoxy) is 1. The van der Waals surface area contributed by atoms with Crippen molar-refractivity contribution in [3.8, 4) is 0 Å². The molecule has 0 aromatic carbocycles. The Morgan fingerprint density at radius 2 is 2.09 bits per heavy atom. The van der Waals surface area contributed by atoms with E-state index in [1.807, 2.05) is 0 Å². The smallest absolute Gasteiger partial charge is 0.431 e. The van der Waals surface area contributed by atoms with Crippen molar-refractivity contribution in [1.29, 1.82) is 0 Å². The minimum absolute atomic E-state index is 1.01. The fourth-order valence-corrected chi connectivity index (χ4v) is 0.219. The molecular formula is C4H6F3NO3. The van der Waals surface area contributed by atoms with Gasteiger partial charge in [-0.3, -0.25) is 4.84 Å². The third-order valence-corrected chi connectivity index (χ3v) is 0.577. The van der Waals surface area contributed by atoms with Crippen LogP contribution in [0.5, 0.6) is 0 Å². The van der Waals surface area contributed by atoms with Gasteiger partial charge in [-0.05, 0) is 0 Å². The highest BCUT2D eigenvalue weighted by Gasteiger charge is 2.28. The van der Waals surface area contributed by atoms with Crippen LogP contribution in [0, 0.1) is 0 Å². The standard InChI is InChI=1S/C4H6F3NO3/c1-10-3(9)8-11-2-4(5,6)7/h2H2,1H3,(H,8,9). The summed E-state index contributed by atoms with van der Waals surface area (Å²) >= 11 is 0. The van der Waals surface area contributed by atoms with Crippen LogP contribution in [-0.2, 0) is 9.57 Å². The van der Waals surface area contributed by atoms with Gasteiger partial charge in [0.15, 0.2) is 6.61 Å². The molecule has 0 aliphatic carbocycles. The molecule has 0 unspecified atom stereocenters. The number of nitrogens with one attached hydrogen (secondary N) is 1. The molecule has 0 saturated carbocycles. The largest absolute Gasteiger partial charge is 0.451 e. The number of rotatable bonds is 2. The lowest BCUT2D eigenvalue weighted by atomic mass is 10.7. The minimum atomic E-state index is -4.46. The Morgan fingerprint density at radius 1 is 1.55 bits per heavy atom. The van der Waals surface area contributed by atoms with E-state index in [1.165, 1.54) is 5.48 Å². The Bertz CT molecular complexity index is 135. The van der Waals surface area contributed by atoms with Crippen LogP contribution in [0.25, 0.3) is 0 Å². The molecule has 4 nitrogen and oxygen atoms in total. The maximum atomic E-state index is 11.3. The number of carbonyl (C=O) groups is 1. The fourth-order valence-electron chi connectivity index (χ4n) is 0.219. The molecule has 0 aromatic heterocycles. The van der Waals surface area contributed by atoms with E-state index in [2.05, 4.69) is 9.57 Å². The van der Waals surface area contributed by atoms with Crippen LogP contribution >= 0.6 is 0 Å². The average molecular weight is 173 g/mol. The second kappa shape index (κ2) is 4.02. The van der Waals surface area contributed by atoms with Crippen molar-refractivity contribution in [2.45, 2.75) is 6.18 Å². The predicted octanol–water partition coefficient (Wildman–Crippen LogP) is 0.836. The molecule has 0 aromatic rings.